The molecule has 0 spiro atoms. The number of hydrogen-bond acceptors (Lipinski definition) is 7. The van der Waals surface area contributed by atoms with Crippen LogP contribution in [0.1, 0.15) is 23.0 Å². The average Bonchev–Trinajstić information content (AvgIpc) is 3.21. The molecule has 6 nitrogen and oxygen atoms in total. The van der Waals surface area contributed by atoms with E-state index >= 15 is 0 Å². The number of anilines is 1. The second-order valence-electron chi connectivity index (χ2n) is 5.97. The Labute approximate surface area is 146 Å². The molecular weight excluding hydrogens is 336 g/mol. The Morgan fingerprint density at radius 1 is 1.35 bits per heavy atom. The Hall–Kier alpha value is -0.890. The number of ether oxygens (including phenoxy) is 1. The minimum absolute atomic E-state index is 0.247. The molecule has 0 bridgehead atoms. The zero-order valence-electron chi connectivity index (χ0n) is 13.6. The van der Waals surface area contributed by atoms with E-state index in [1.165, 1.54) is 18.4 Å². The van der Waals surface area contributed by atoms with E-state index in [1.54, 1.807) is 0 Å². The van der Waals surface area contributed by atoms with Crippen molar-refractivity contribution >= 4 is 34.0 Å². The molecule has 8 heteroatoms. The molecule has 0 N–H and O–H groups in total. The maximum absolute atomic E-state index is 11.7. The van der Waals surface area contributed by atoms with Gasteiger partial charge in [0, 0.05) is 45.3 Å². The van der Waals surface area contributed by atoms with Crippen LogP contribution in [-0.4, -0.2) is 79.7 Å². The molecule has 0 aromatic carbocycles. The molecule has 0 radical (unpaired) electrons. The van der Waals surface area contributed by atoms with Gasteiger partial charge in [0.15, 0.2) is 15.2 Å². The van der Waals surface area contributed by atoms with Crippen molar-refractivity contribution in [2.45, 2.75) is 19.4 Å². The van der Waals surface area contributed by atoms with Crippen LogP contribution in [0.15, 0.2) is 0 Å². The maximum atomic E-state index is 11.7. The average molecular weight is 359 g/mol. The smallest absolute Gasteiger partial charge is 0.351 e. The van der Waals surface area contributed by atoms with Gasteiger partial charge in [-0.2, -0.15) is 0 Å². The number of thiazole rings is 1. The Kier molecular flexibility index (Phi) is 5.41. The van der Waals surface area contributed by atoms with Gasteiger partial charge in [0.05, 0.1) is 7.11 Å². The normalized spacial score (nSPS) is 23.4. The van der Waals surface area contributed by atoms with Crippen LogP contribution in [0.2, 0.25) is 5.15 Å². The number of halogens is 1. The van der Waals surface area contributed by atoms with Crippen molar-refractivity contribution in [2.24, 2.45) is 0 Å². The summed E-state index contributed by atoms with van der Waals surface area (Å²) >= 11 is 7.39. The molecule has 2 aliphatic rings. The highest BCUT2D eigenvalue weighted by Gasteiger charge is 2.32. The van der Waals surface area contributed by atoms with Crippen LogP contribution in [0, 0.1) is 0 Å². The van der Waals surface area contributed by atoms with Crippen LogP contribution in [0.25, 0.3) is 0 Å². The van der Waals surface area contributed by atoms with Gasteiger partial charge in [0.1, 0.15) is 0 Å². The first-order valence-electron chi connectivity index (χ1n) is 8.08. The number of hydrogen-bond donors (Lipinski definition) is 0. The fourth-order valence-electron chi connectivity index (χ4n) is 3.30. The Morgan fingerprint density at radius 3 is 2.74 bits per heavy atom. The molecular formula is C15H23ClN4O2S. The van der Waals surface area contributed by atoms with Crippen molar-refractivity contribution in [1.29, 1.82) is 0 Å². The number of carbonyl (C=O) groups is 1. The highest BCUT2D eigenvalue weighted by atomic mass is 35.5. The van der Waals surface area contributed by atoms with Gasteiger partial charge in [-0.3, -0.25) is 4.90 Å². The number of esters is 1. The zero-order valence-corrected chi connectivity index (χ0v) is 15.2. The summed E-state index contributed by atoms with van der Waals surface area (Å²) in [5.74, 6) is -0.412. The van der Waals surface area contributed by atoms with E-state index in [9.17, 15) is 4.79 Å². The molecule has 1 aromatic rings. The van der Waals surface area contributed by atoms with E-state index in [1.807, 2.05) is 0 Å². The molecule has 0 aliphatic carbocycles. The third-order valence-electron chi connectivity index (χ3n) is 4.75. The molecule has 23 heavy (non-hydrogen) atoms. The number of likely N-dealkylation sites (N-methyl/N-ethyl adjacent to an activating group) is 1. The van der Waals surface area contributed by atoms with Gasteiger partial charge in [-0.1, -0.05) is 29.9 Å². The summed E-state index contributed by atoms with van der Waals surface area (Å²) in [4.78, 5) is 23.7. The number of aromatic nitrogens is 1. The Balaban J connectivity index is 1.61. The number of carbonyl (C=O) groups excluding carboxylic acids is 1. The number of nitrogens with zero attached hydrogens (tertiary/aromatic N) is 4. The monoisotopic (exact) mass is 358 g/mol. The fraction of sp³-hybridized carbons (Fsp3) is 0.733. The largest absolute Gasteiger partial charge is 0.465 e. The van der Waals surface area contributed by atoms with Crippen LogP contribution < -0.4 is 4.90 Å². The van der Waals surface area contributed by atoms with Crippen molar-refractivity contribution < 1.29 is 9.53 Å². The molecule has 0 saturated carbocycles. The van der Waals surface area contributed by atoms with E-state index in [0.717, 1.165) is 57.4 Å². The summed E-state index contributed by atoms with van der Waals surface area (Å²) in [6, 6.07) is 0.568. The highest BCUT2D eigenvalue weighted by molar-refractivity contribution is 7.18. The van der Waals surface area contributed by atoms with E-state index in [0.29, 0.717) is 10.9 Å². The second kappa shape index (κ2) is 7.34. The fourth-order valence-corrected chi connectivity index (χ4v) is 4.54. The molecule has 1 unspecified atom stereocenters. The SMILES string of the molecule is CCN1CCN(C2CCN(c3nc(Cl)c(C(=O)OC)s3)C2)CC1. The van der Waals surface area contributed by atoms with Crippen LogP contribution in [0.5, 0.6) is 0 Å². The minimum Gasteiger partial charge on any atom is -0.465 e. The lowest BCUT2D eigenvalue weighted by atomic mass is 10.2. The van der Waals surface area contributed by atoms with Crippen LogP contribution in [0.3, 0.4) is 0 Å². The van der Waals surface area contributed by atoms with Gasteiger partial charge >= 0.3 is 5.97 Å². The second-order valence-corrected chi connectivity index (χ2v) is 7.30. The van der Waals surface area contributed by atoms with E-state index < -0.39 is 5.97 Å². The zero-order chi connectivity index (χ0) is 16.4. The van der Waals surface area contributed by atoms with Gasteiger partial charge in [-0.15, -0.1) is 0 Å². The Bertz CT molecular complexity index is 560. The van der Waals surface area contributed by atoms with E-state index in [4.69, 9.17) is 16.3 Å². The minimum atomic E-state index is -0.412. The maximum Gasteiger partial charge on any atom is 0.351 e. The van der Waals surface area contributed by atoms with Crippen LogP contribution in [0.4, 0.5) is 5.13 Å². The molecule has 2 aliphatic heterocycles. The third-order valence-corrected chi connectivity index (χ3v) is 6.23. The summed E-state index contributed by atoms with van der Waals surface area (Å²) in [7, 11) is 1.36. The predicted molar refractivity (Wildman–Crippen MR) is 92.8 cm³/mol. The first kappa shape index (κ1) is 17.0. The topological polar surface area (TPSA) is 48.9 Å². The van der Waals surface area contributed by atoms with Gasteiger partial charge < -0.3 is 14.5 Å². The number of piperazine rings is 1. The van der Waals surface area contributed by atoms with Crippen molar-refractivity contribution in [3.8, 4) is 0 Å². The summed E-state index contributed by atoms with van der Waals surface area (Å²) in [6.07, 6.45) is 1.14. The Morgan fingerprint density at radius 2 is 2.09 bits per heavy atom. The standard InChI is InChI=1S/C15H23ClN4O2S/c1-3-18-6-8-19(9-7-18)11-4-5-20(10-11)15-17-13(16)12(23-15)14(21)22-2/h11H,3-10H2,1-2H3. The van der Waals surface area contributed by atoms with Gasteiger partial charge in [-0.25, -0.2) is 9.78 Å². The summed E-state index contributed by atoms with van der Waals surface area (Å²) < 4.78 is 4.75. The summed E-state index contributed by atoms with van der Waals surface area (Å²) in [5, 5.41) is 1.07. The van der Waals surface area contributed by atoms with Crippen molar-refractivity contribution in [3.63, 3.8) is 0 Å². The van der Waals surface area contributed by atoms with Crippen LogP contribution in [-0.2, 0) is 4.74 Å². The quantitative estimate of drug-likeness (QED) is 0.765. The van der Waals surface area contributed by atoms with E-state index in [2.05, 4.69) is 26.6 Å². The van der Waals surface area contributed by atoms with Crippen molar-refractivity contribution in [1.82, 2.24) is 14.8 Å². The molecule has 3 rings (SSSR count). The molecule has 3 heterocycles. The molecule has 1 atom stereocenters. The highest BCUT2D eigenvalue weighted by Crippen LogP contribution is 2.33. The van der Waals surface area contributed by atoms with Gasteiger partial charge in [0.25, 0.3) is 0 Å². The van der Waals surface area contributed by atoms with Crippen molar-refractivity contribution in [2.75, 3.05) is 57.8 Å². The third kappa shape index (κ3) is 3.63. The number of rotatable bonds is 4. The molecule has 2 saturated heterocycles. The first-order chi connectivity index (χ1) is 11.1. The van der Waals surface area contributed by atoms with Gasteiger partial charge in [0.2, 0.25) is 0 Å². The van der Waals surface area contributed by atoms with Crippen molar-refractivity contribution in [3.05, 3.63) is 10.0 Å². The first-order valence-corrected chi connectivity index (χ1v) is 9.27. The number of methoxy groups -OCH3 is 1. The summed E-state index contributed by atoms with van der Waals surface area (Å²) in [5.41, 5.74) is 0. The molecule has 0 amide bonds. The van der Waals surface area contributed by atoms with Gasteiger partial charge in [-0.05, 0) is 13.0 Å². The lowest BCUT2D eigenvalue weighted by Gasteiger charge is -2.37. The molecule has 2 fully saturated rings. The molecule has 128 valence electrons. The predicted octanol–water partition coefficient (Wildman–Crippen LogP) is 1.80. The molecule has 1 aromatic heterocycles. The lowest BCUT2D eigenvalue weighted by Crippen LogP contribution is -2.50. The summed E-state index contributed by atoms with van der Waals surface area (Å²) in [6.45, 7) is 9.86. The lowest BCUT2D eigenvalue weighted by molar-refractivity contribution is 0.0606. The van der Waals surface area contributed by atoms with Crippen LogP contribution >= 0.6 is 22.9 Å². The van der Waals surface area contributed by atoms with E-state index in [-0.39, 0.29) is 5.15 Å².